The zero-order valence-electron chi connectivity index (χ0n) is 4.79. The minimum absolute atomic E-state index is 0.731. The minimum Gasteiger partial charge on any atom is -0.224 e. The summed E-state index contributed by atoms with van der Waals surface area (Å²) in [6, 6.07) is 0. The Morgan fingerprint density at radius 2 is 2.12 bits per heavy atom. The Kier molecular flexibility index (Phi) is 2.76. The van der Waals surface area contributed by atoms with Gasteiger partial charge in [0.05, 0.1) is 6.26 Å². The molecule has 0 rings (SSSR count). The van der Waals surface area contributed by atoms with E-state index < -0.39 is 9.84 Å². The molecule has 0 atom stereocenters. The second kappa shape index (κ2) is 2.87. The summed E-state index contributed by atoms with van der Waals surface area (Å²) in [4.78, 5) is 0. The van der Waals surface area contributed by atoms with Gasteiger partial charge in [0.15, 0.2) is 9.84 Å². The largest absolute Gasteiger partial charge is 0.224 e. The van der Waals surface area contributed by atoms with Crippen LogP contribution in [0.15, 0.2) is 11.5 Å². The summed E-state index contributed by atoms with van der Waals surface area (Å²) >= 11 is 0. The summed E-state index contributed by atoms with van der Waals surface area (Å²) in [6.07, 6.45) is 5.18. The van der Waals surface area contributed by atoms with Gasteiger partial charge in [-0.1, -0.05) is 13.0 Å². The maximum absolute atomic E-state index is 10.2. The fourth-order valence-corrected chi connectivity index (χ4v) is 0.729. The Morgan fingerprint density at radius 3 is 2.25 bits per heavy atom. The molecule has 0 saturated carbocycles. The lowest BCUT2D eigenvalue weighted by Crippen LogP contribution is -1.82. The first-order valence-electron chi connectivity index (χ1n) is 2.31. The zero-order valence-corrected chi connectivity index (χ0v) is 5.61. The predicted molar refractivity (Wildman–Crippen MR) is 33.7 cm³/mol. The molecular formula is C5H9O2S. The molecule has 47 valence electrons. The normalized spacial score (nSPS) is 12.8. The molecule has 0 saturated heterocycles. The van der Waals surface area contributed by atoms with E-state index in [9.17, 15) is 8.42 Å². The molecule has 0 aromatic carbocycles. The summed E-state index contributed by atoms with van der Waals surface area (Å²) in [7, 11) is -3.12. The SMILES string of the molecule is [CH2]S(=O)(=O)/C=C/CC. The number of allylic oxidation sites excluding steroid dienone is 1. The Balaban J connectivity index is 3.92. The van der Waals surface area contributed by atoms with Gasteiger partial charge in [0.2, 0.25) is 0 Å². The van der Waals surface area contributed by atoms with Gasteiger partial charge in [-0.25, -0.2) is 8.42 Å². The van der Waals surface area contributed by atoms with E-state index in [0.29, 0.717) is 0 Å². The number of sulfone groups is 1. The lowest BCUT2D eigenvalue weighted by atomic mass is 10.5. The predicted octanol–water partition coefficient (Wildman–Crippen LogP) is 1.12. The Labute approximate surface area is 50.1 Å². The Bertz CT molecular complexity index is 165. The van der Waals surface area contributed by atoms with Gasteiger partial charge in [-0.2, -0.15) is 0 Å². The smallest absolute Gasteiger partial charge is 0.172 e. The molecule has 0 unspecified atom stereocenters. The summed E-state index contributed by atoms with van der Waals surface area (Å²) in [6.45, 7) is 1.86. The molecular weight excluding hydrogens is 124 g/mol. The molecule has 0 bridgehead atoms. The number of hydrogen-bond donors (Lipinski definition) is 0. The van der Waals surface area contributed by atoms with Crippen LogP contribution >= 0.6 is 0 Å². The molecule has 0 aliphatic rings. The maximum atomic E-state index is 10.2. The van der Waals surface area contributed by atoms with Crippen molar-refractivity contribution < 1.29 is 8.42 Å². The molecule has 0 aromatic heterocycles. The van der Waals surface area contributed by atoms with Gasteiger partial charge in [0, 0.05) is 5.41 Å². The van der Waals surface area contributed by atoms with Gasteiger partial charge in [0.25, 0.3) is 0 Å². The summed E-state index contributed by atoms with van der Waals surface area (Å²) in [5.74, 6) is 0. The van der Waals surface area contributed by atoms with E-state index in [1.54, 1.807) is 6.08 Å². The van der Waals surface area contributed by atoms with E-state index in [1.807, 2.05) is 6.92 Å². The Morgan fingerprint density at radius 1 is 1.62 bits per heavy atom. The van der Waals surface area contributed by atoms with Crippen molar-refractivity contribution in [1.29, 1.82) is 0 Å². The van der Waals surface area contributed by atoms with E-state index in [0.717, 1.165) is 11.8 Å². The van der Waals surface area contributed by atoms with Gasteiger partial charge in [-0.15, -0.1) is 0 Å². The molecule has 0 amide bonds. The van der Waals surface area contributed by atoms with Crippen LogP contribution < -0.4 is 0 Å². The highest BCUT2D eigenvalue weighted by molar-refractivity contribution is 7.95. The van der Waals surface area contributed by atoms with Gasteiger partial charge in [0.1, 0.15) is 0 Å². The highest BCUT2D eigenvalue weighted by Gasteiger charge is 1.89. The quantitative estimate of drug-likeness (QED) is 0.565. The first-order chi connectivity index (χ1) is 3.56. The topological polar surface area (TPSA) is 34.1 Å². The van der Waals surface area contributed by atoms with Crippen molar-refractivity contribution >= 4 is 9.84 Å². The van der Waals surface area contributed by atoms with E-state index in [1.165, 1.54) is 0 Å². The Hall–Kier alpha value is -0.310. The second-order valence-electron chi connectivity index (χ2n) is 1.44. The van der Waals surface area contributed by atoms with Crippen molar-refractivity contribution in [2.24, 2.45) is 0 Å². The van der Waals surface area contributed by atoms with Crippen molar-refractivity contribution in [3.63, 3.8) is 0 Å². The number of rotatable bonds is 2. The van der Waals surface area contributed by atoms with Crippen molar-refractivity contribution in [1.82, 2.24) is 0 Å². The first kappa shape index (κ1) is 7.69. The molecule has 3 heteroatoms. The highest BCUT2D eigenvalue weighted by atomic mass is 32.2. The van der Waals surface area contributed by atoms with Gasteiger partial charge >= 0.3 is 0 Å². The lowest BCUT2D eigenvalue weighted by molar-refractivity contribution is 0.612. The van der Waals surface area contributed by atoms with Crippen LogP contribution in [-0.2, 0) is 9.84 Å². The molecule has 2 nitrogen and oxygen atoms in total. The van der Waals surface area contributed by atoms with Crippen molar-refractivity contribution in [2.45, 2.75) is 13.3 Å². The average molecular weight is 133 g/mol. The minimum atomic E-state index is -3.12. The molecule has 0 N–H and O–H groups in total. The van der Waals surface area contributed by atoms with E-state index in [4.69, 9.17) is 0 Å². The second-order valence-corrected chi connectivity index (χ2v) is 3.04. The van der Waals surface area contributed by atoms with E-state index in [2.05, 4.69) is 6.26 Å². The van der Waals surface area contributed by atoms with E-state index >= 15 is 0 Å². The third-order valence-electron chi connectivity index (χ3n) is 0.539. The van der Waals surface area contributed by atoms with Gasteiger partial charge in [-0.05, 0) is 6.42 Å². The monoisotopic (exact) mass is 133 g/mol. The molecule has 8 heavy (non-hydrogen) atoms. The van der Waals surface area contributed by atoms with Crippen LogP contribution in [0.1, 0.15) is 13.3 Å². The molecule has 0 aliphatic carbocycles. The fourth-order valence-electron chi connectivity index (χ4n) is 0.243. The van der Waals surface area contributed by atoms with Crippen molar-refractivity contribution in [2.75, 3.05) is 0 Å². The summed E-state index contributed by atoms with van der Waals surface area (Å²) in [5, 5.41) is 1.10. The van der Waals surface area contributed by atoms with Crippen LogP contribution in [0.25, 0.3) is 0 Å². The molecule has 0 aromatic rings. The molecule has 0 heterocycles. The maximum Gasteiger partial charge on any atom is 0.172 e. The van der Waals surface area contributed by atoms with Crippen LogP contribution in [-0.4, -0.2) is 8.42 Å². The van der Waals surface area contributed by atoms with Crippen molar-refractivity contribution in [3.05, 3.63) is 17.7 Å². The standard InChI is InChI=1S/C5H9O2S/c1-3-4-5-8(2,6)7/h4-5H,2-3H2,1H3/b5-4+. The van der Waals surface area contributed by atoms with Gasteiger partial charge in [-0.3, -0.25) is 0 Å². The van der Waals surface area contributed by atoms with Crippen LogP contribution in [0.5, 0.6) is 0 Å². The average Bonchev–Trinajstić information content (AvgIpc) is 1.59. The molecule has 0 fully saturated rings. The van der Waals surface area contributed by atoms with Crippen LogP contribution in [0.2, 0.25) is 0 Å². The summed E-state index contributed by atoms with van der Waals surface area (Å²) < 4.78 is 20.4. The molecule has 1 radical (unpaired) electrons. The van der Waals surface area contributed by atoms with E-state index in [-0.39, 0.29) is 0 Å². The van der Waals surface area contributed by atoms with Crippen LogP contribution in [0, 0.1) is 6.26 Å². The van der Waals surface area contributed by atoms with Gasteiger partial charge < -0.3 is 0 Å². The van der Waals surface area contributed by atoms with Crippen molar-refractivity contribution in [3.8, 4) is 0 Å². The van der Waals surface area contributed by atoms with Crippen LogP contribution in [0.3, 0.4) is 0 Å². The molecule has 0 aliphatic heterocycles. The summed E-state index contributed by atoms with van der Waals surface area (Å²) in [5.41, 5.74) is 0. The van der Waals surface area contributed by atoms with Crippen LogP contribution in [0.4, 0.5) is 0 Å². The zero-order chi connectivity index (χ0) is 6.62. The molecule has 0 spiro atoms. The first-order valence-corrected chi connectivity index (χ1v) is 4.02. The third kappa shape index (κ3) is 5.69. The third-order valence-corrected chi connectivity index (χ3v) is 1.15. The number of hydrogen-bond acceptors (Lipinski definition) is 2. The lowest BCUT2D eigenvalue weighted by Gasteiger charge is -1.80. The highest BCUT2D eigenvalue weighted by Crippen LogP contribution is 1.88. The fraction of sp³-hybridized carbons (Fsp3) is 0.400.